The summed E-state index contributed by atoms with van der Waals surface area (Å²) in [5.74, 6) is -0.185. The summed E-state index contributed by atoms with van der Waals surface area (Å²) in [4.78, 5) is 22.4. The number of ketones is 2. The van der Waals surface area contributed by atoms with Gasteiger partial charge in [-0.2, -0.15) is 18.3 Å². The number of rotatable bonds is 0. The Morgan fingerprint density at radius 2 is 1.22 bits per heavy atom. The summed E-state index contributed by atoms with van der Waals surface area (Å²) in [5, 5.41) is 0. The molecule has 7 heteroatoms. The van der Waals surface area contributed by atoms with Gasteiger partial charge in [-0.15, -0.1) is 0 Å². The van der Waals surface area contributed by atoms with Crippen LogP contribution >= 0.6 is 9.90 Å². The molecule has 5 nitrogen and oxygen atoms in total. The third kappa shape index (κ3) is 5.31. The Bertz CT molecular complexity index is 544. The highest BCUT2D eigenvalue weighted by Gasteiger charge is 2.16. The van der Waals surface area contributed by atoms with Crippen molar-refractivity contribution in [2.75, 3.05) is 6.26 Å². The smallest absolute Gasteiger partial charge is 0.261 e. The lowest BCUT2D eigenvalue weighted by Gasteiger charge is -2.06. The number of benzene rings is 1. The summed E-state index contributed by atoms with van der Waals surface area (Å²) in [7, 11) is -3.67. The lowest BCUT2D eigenvalue weighted by molar-refractivity contribution is 0.0994. The van der Waals surface area contributed by atoms with E-state index in [2.05, 4.69) is 0 Å². The Hall–Kier alpha value is -1.36. The average Bonchev–Trinajstić information content (AvgIpc) is 2.22. The van der Waals surface area contributed by atoms with Crippen LogP contribution in [0.2, 0.25) is 0 Å². The van der Waals surface area contributed by atoms with Gasteiger partial charge in [0.2, 0.25) is 0 Å². The van der Waals surface area contributed by atoms with E-state index in [1.165, 1.54) is 12.2 Å². The second-order valence-corrected chi connectivity index (χ2v) is 4.81. The van der Waals surface area contributed by atoms with Crippen molar-refractivity contribution < 1.29 is 22.6 Å². The monoisotopic (exact) mass is 288 g/mol. The summed E-state index contributed by atoms with van der Waals surface area (Å²) in [6.45, 7) is 0. The number of carbonyl (C=O) groups is 2. The van der Waals surface area contributed by atoms with Crippen LogP contribution in [0, 0.1) is 0 Å². The fraction of sp³-hybridized carbons (Fsp3) is 0.0909. The molecule has 0 saturated heterocycles. The van der Waals surface area contributed by atoms with Gasteiger partial charge in [-0.1, -0.05) is 24.3 Å². The molecule has 0 aromatic heterocycles. The number of allylic oxidation sites excluding steroid dienone is 2. The van der Waals surface area contributed by atoms with Crippen molar-refractivity contribution in [2.45, 2.75) is 0 Å². The van der Waals surface area contributed by atoms with E-state index in [0.717, 1.165) is 0 Å². The lowest BCUT2D eigenvalue weighted by atomic mass is 9.95. The predicted molar refractivity (Wildman–Crippen MR) is 72.8 cm³/mol. The molecule has 1 aromatic rings. The van der Waals surface area contributed by atoms with Crippen LogP contribution in [-0.4, -0.2) is 30.8 Å². The van der Waals surface area contributed by atoms with Crippen molar-refractivity contribution in [3.8, 4) is 0 Å². The molecule has 1 unspecified atom stereocenters. The highest BCUT2D eigenvalue weighted by molar-refractivity contribution is 7.85. The van der Waals surface area contributed by atoms with Gasteiger partial charge in [0.05, 0.1) is 6.26 Å². The SMILES string of the molecule is CS(=O)(=O)O.O=C1C=CC(=O)c2ccccc21.P. The van der Waals surface area contributed by atoms with Crippen LogP contribution in [-0.2, 0) is 10.1 Å². The molecule has 1 aromatic carbocycles. The van der Waals surface area contributed by atoms with Crippen LogP contribution in [0.4, 0.5) is 0 Å². The van der Waals surface area contributed by atoms with Gasteiger partial charge in [-0.05, 0) is 12.2 Å². The van der Waals surface area contributed by atoms with E-state index in [4.69, 9.17) is 4.55 Å². The van der Waals surface area contributed by atoms with Gasteiger partial charge >= 0.3 is 0 Å². The molecule has 1 aliphatic carbocycles. The summed E-state index contributed by atoms with van der Waals surface area (Å²) in [6.07, 6.45) is 3.34. The fourth-order valence-corrected chi connectivity index (χ4v) is 1.24. The Balaban J connectivity index is 0.000000421. The van der Waals surface area contributed by atoms with Gasteiger partial charge < -0.3 is 0 Å². The second kappa shape index (κ2) is 6.54. The van der Waals surface area contributed by atoms with Crippen molar-refractivity contribution >= 4 is 31.6 Å². The van der Waals surface area contributed by atoms with Crippen LogP contribution in [0.15, 0.2) is 36.4 Å². The third-order valence-electron chi connectivity index (χ3n) is 1.84. The van der Waals surface area contributed by atoms with E-state index >= 15 is 0 Å². The number of carbonyl (C=O) groups excluding carboxylic acids is 2. The molecule has 18 heavy (non-hydrogen) atoms. The molecular weight excluding hydrogens is 275 g/mol. The Morgan fingerprint density at radius 3 is 1.50 bits per heavy atom. The van der Waals surface area contributed by atoms with Crippen LogP contribution < -0.4 is 0 Å². The molecule has 0 amide bonds. The predicted octanol–water partition coefficient (Wildman–Crippen LogP) is 1.18. The molecule has 0 bridgehead atoms. The number of hydrogen-bond acceptors (Lipinski definition) is 4. The van der Waals surface area contributed by atoms with E-state index < -0.39 is 10.1 Å². The minimum Gasteiger partial charge on any atom is -0.289 e. The quantitative estimate of drug-likeness (QED) is 0.572. The summed E-state index contributed by atoms with van der Waals surface area (Å²) >= 11 is 0. The summed E-state index contributed by atoms with van der Waals surface area (Å²) in [6, 6.07) is 6.84. The van der Waals surface area contributed by atoms with Crippen molar-refractivity contribution in [1.29, 1.82) is 0 Å². The van der Waals surface area contributed by atoms with Gasteiger partial charge in [0.1, 0.15) is 0 Å². The highest BCUT2D eigenvalue weighted by Crippen LogP contribution is 2.15. The maximum atomic E-state index is 11.2. The standard InChI is InChI=1S/C10H6O2.CH4O3S.H3P/c11-9-5-6-10(12)8-4-2-1-3-7(8)9;1-5(2,3)4;/h1-6H;1H3,(H,2,3,4);1H3. The van der Waals surface area contributed by atoms with Gasteiger partial charge in [-0.3, -0.25) is 14.1 Å². The molecule has 0 spiro atoms. The van der Waals surface area contributed by atoms with Gasteiger partial charge in [0, 0.05) is 11.1 Å². The van der Waals surface area contributed by atoms with E-state index in [1.807, 2.05) is 0 Å². The first kappa shape index (κ1) is 16.6. The van der Waals surface area contributed by atoms with Crippen molar-refractivity contribution in [3.05, 3.63) is 47.5 Å². The van der Waals surface area contributed by atoms with Gasteiger partial charge in [0.25, 0.3) is 10.1 Å². The minimum absolute atomic E-state index is 0. The van der Waals surface area contributed by atoms with Crippen LogP contribution in [0.3, 0.4) is 0 Å². The van der Waals surface area contributed by atoms with Crippen molar-refractivity contribution in [1.82, 2.24) is 0 Å². The largest absolute Gasteiger partial charge is 0.289 e. The maximum absolute atomic E-state index is 11.2. The summed E-state index contributed by atoms with van der Waals surface area (Å²) < 4.78 is 25.9. The topological polar surface area (TPSA) is 88.5 Å². The number of fused-ring (bicyclic) bond motifs is 1. The molecule has 0 aliphatic heterocycles. The van der Waals surface area contributed by atoms with Crippen LogP contribution in [0.25, 0.3) is 0 Å². The van der Waals surface area contributed by atoms with Gasteiger partial charge in [-0.25, -0.2) is 0 Å². The highest BCUT2D eigenvalue weighted by atomic mass is 32.2. The zero-order valence-electron chi connectivity index (χ0n) is 9.66. The average molecular weight is 288 g/mol. The molecule has 1 atom stereocenters. The van der Waals surface area contributed by atoms with E-state index in [0.29, 0.717) is 17.4 Å². The van der Waals surface area contributed by atoms with Crippen molar-refractivity contribution in [3.63, 3.8) is 0 Å². The zero-order chi connectivity index (χ0) is 13.1. The first-order chi connectivity index (χ1) is 7.79. The molecule has 1 N–H and O–H groups in total. The molecule has 2 rings (SSSR count). The Kier molecular flexibility index (Phi) is 6.05. The Morgan fingerprint density at radius 1 is 0.944 bits per heavy atom. The molecule has 0 heterocycles. The fourth-order valence-electron chi connectivity index (χ4n) is 1.24. The second-order valence-electron chi connectivity index (χ2n) is 3.34. The van der Waals surface area contributed by atoms with Crippen LogP contribution in [0.5, 0.6) is 0 Å². The van der Waals surface area contributed by atoms with Gasteiger partial charge in [0.15, 0.2) is 11.6 Å². The molecule has 0 saturated carbocycles. The normalized spacial score (nSPS) is 13.0. The molecular formula is C11H13O5PS. The summed E-state index contributed by atoms with van der Waals surface area (Å²) in [5.41, 5.74) is 1.01. The molecule has 0 radical (unpaired) electrons. The number of hydrogen-bond donors (Lipinski definition) is 1. The van der Waals surface area contributed by atoms with E-state index in [1.54, 1.807) is 24.3 Å². The third-order valence-corrected chi connectivity index (χ3v) is 1.84. The van der Waals surface area contributed by atoms with Crippen molar-refractivity contribution in [2.24, 2.45) is 0 Å². The maximum Gasteiger partial charge on any atom is 0.261 e. The van der Waals surface area contributed by atoms with Crippen LogP contribution in [0.1, 0.15) is 20.7 Å². The Labute approximate surface area is 108 Å². The lowest BCUT2D eigenvalue weighted by Crippen LogP contribution is -2.10. The van der Waals surface area contributed by atoms with E-state index in [-0.39, 0.29) is 21.5 Å². The molecule has 0 fully saturated rings. The minimum atomic E-state index is -3.67. The first-order valence-corrected chi connectivity index (χ1v) is 6.42. The molecule has 1 aliphatic rings. The molecule has 98 valence electrons. The first-order valence-electron chi connectivity index (χ1n) is 4.57. The van der Waals surface area contributed by atoms with E-state index in [9.17, 15) is 18.0 Å². The zero-order valence-corrected chi connectivity index (χ0v) is 11.9.